The highest BCUT2D eigenvalue weighted by molar-refractivity contribution is 5.99. The number of benzene rings is 2. The van der Waals surface area contributed by atoms with Gasteiger partial charge in [0, 0.05) is 36.2 Å². The third kappa shape index (κ3) is 3.56. The molecule has 6 heteroatoms. The summed E-state index contributed by atoms with van der Waals surface area (Å²) < 4.78 is 21.7. The molecule has 0 radical (unpaired) electrons. The summed E-state index contributed by atoms with van der Waals surface area (Å²) in [7, 11) is 6.54. The van der Waals surface area contributed by atoms with E-state index in [1.54, 1.807) is 39.3 Å². The van der Waals surface area contributed by atoms with Gasteiger partial charge in [0.15, 0.2) is 5.76 Å². The molecule has 6 nitrogen and oxygen atoms in total. The largest absolute Gasteiger partial charge is 0.497 e. The monoisotopic (exact) mass is 369 g/mol. The van der Waals surface area contributed by atoms with Crippen LogP contribution in [-0.2, 0) is 6.54 Å². The summed E-state index contributed by atoms with van der Waals surface area (Å²) in [6, 6.07) is 11.0. The molecule has 0 fully saturated rings. The van der Waals surface area contributed by atoms with Crippen molar-refractivity contribution in [3.8, 4) is 17.2 Å². The fourth-order valence-corrected chi connectivity index (χ4v) is 3.01. The molecule has 0 spiro atoms. The first kappa shape index (κ1) is 18.6. The van der Waals surface area contributed by atoms with E-state index in [-0.39, 0.29) is 5.91 Å². The smallest absolute Gasteiger partial charge is 0.289 e. The minimum Gasteiger partial charge on any atom is -0.497 e. The molecule has 142 valence electrons. The van der Waals surface area contributed by atoms with Crippen LogP contribution in [0.2, 0.25) is 0 Å². The van der Waals surface area contributed by atoms with E-state index in [0.717, 1.165) is 22.3 Å². The van der Waals surface area contributed by atoms with Gasteiger partial charge in [0.25, 0.3) is 5.91 Å². The Morgan fingerprint density at radius 3 is 2.33 bits per heavy atom. The molecule has 0 aliphatic rings. The molecule has 1 amide bonds. The number of aryl methyl sites for hydroxylation is 1. The molecular formula is C21H23NO5. The maximum absolute atomic E-state index is 13.0. The first-order valence-electron chi connectivity index (χ1n) is 8.52. The predicted molar refractivity (Wildman–Crippen MR) is 103 cm³/mol. The summed E-state index contributed by atoms with van der Waals surface area (Å²) in [5.41, 5.74) is 2.33. The van der Waals surface area contributed by atoms with Crippen LogP contribution in [0.15, 0.2) is 40.8 Å². The Morgan fingerprint density at radius 2 is 1.67 bits per heavy atom. The van der Waals surface area contributed by atoms with Crippen LogP contribution in [0, 0.1) is 6.92 Å². The van der Waals surface area contributed by atoms with Crippen LogP contribution in [0.5, 0.6) is 17.2 Å². The predicted octanol–water partition coefficient (Wildman–Crippen LogP) is 4.04. The Hall–Kier alpha value is -3.15. The second kappa shape index (κ2) is 7.61. The van der Waals surface area contributed by atoms with Gasteiger partial charge in [0.1, 0.15) is 22.8 Å². The Kier molecular flexibility index (Phi) is 5.26. The number of hydrogen-bond donors (Lipinski definition) is 0. The summed E-state index contributed by atoms with van der Waals surface area (Å²) >= 11 is 0. The lowest BCUT2D eigenvalue weighted by atomic mass is 10.1. The molecule has 2 aromatic carbocycles. The molecule has 1 aromatic heterocycles. The van der Waals surface area contributed by atoms with Gasteiger partial charge >= 0.3 is 0 Å². The average Bonchev–Trinajstić information content (AvgIpc) is 3.03. The van der Waals surface area contributed by atoms with Gasteiger partial charge in [-0.15, -0.1) is 0 Å². The van der Waals surface area contributed by atoms with Crippen LogP contribution < -0.4 is 14.2 Å². The van der Waals surface area contributed by atoms with Crippen molar-refractivity contribution in [2.24, 2.45) is 0 Å². The Labute approximate surface area is 158 Å². The lowest BCUT2D eigenvalue weighted by molar-refractivity contribution is 0.0754. The van der Waals surface area contributed by atoms with Gasteiger partial charge in [-0.05, 0) is 37.3 Å². The quantitative estimate of drug-likeness (QED) is 0.656. The zero-order valence-corrected chi connectivity index (χ0v) is 16.2. The summed E-state index contributed by atoms with van der Waals surface area (Å²) in [6.45, 7) is 2.26. The Balaban J connectivity index is 1.88. The standard InChI is InChI=1S/C21H23NO5/c1-13-17-10-15(24-3)8-9-18(17)27-20(13)21(23)22(2)12-14-6-7-16(25-4)11-19(14)26-5/h6-11H,12H2,1-5H3. The van der Waals surface area contributed by atoms with E-state index in [1.165, 1.54) is 0 Å². The van der Waals surface area contributed by atoms with E-state index >= 15 is 0 Å². The molecule has 3 rings (SSSR count). The molecule has 0 unspecified atom stereocenters. The second-order valence-electron chi connectivity index (χ2n) is 6.26. The lowest BCUT2D eigenvalue weighted by Gasteiger charge is -2.18. The maximum Gasteiger partial charge on any atom is 0.289 e. The van der Waals surface area contributed by atoms with E-state index in [9.17, 15) is 4.79 Å². The molecule has 0 saturated heterocycles. The summed E-state index contributed by atoms with van der Waals surface area (Å²) in [5, 5.41) is 0.869. The van der Waals surface area contributed by atoms with Crippen molar-refractivity contribution < 1.29 is 23.4 Å². The van der Waals surface area contributed by atoms with E-state index in [4.69, 9.17) is 18.6 Å². The summed E-state index contributed by atoms with van der Waals surface area (Å²) in [5.74, 6) is 2.22. The highest BCUT2D eigenvalue weighted by Crippen LogP contribution is 2.30. The Bertz CT molecular complexity index is 976. The van der Waals surface area contributed by atoms with Crippen LogP contribution in [0.25, 0.3) is 11.0 Å². The van der Waals surface area contributed by atoms with Gasteiger partial charge in [-0.25, -0.2) is 0 Å². The van der Waals surface area contributed by atoms with Crippen LogP contribution in [0.3, 0.4) is 0 Å². The van der Waals surface area contributed by atoms with Crippen LogP contribution in [0.4, 0.5) is 0 Å². The number of carbonyl (C=O) groups is 1. The Morgan fingerprint density at radius 1 is 1.00 bits per heavy atom. The summed E-state index contributed by atoms with van der Waals surface area (Å²) in [6.07, 6.45) is 0. The molecule has 27 heavy (non-hydrogen) atoms. The first-order valence-corrected chi connectivity index (χ1v) is 8.52. The van der Waals surface area contributed by atoms with Crippen molar-refractivity contribution in [1.82, 2.24) is 4.90 Å². The zero-order valence-electron chi connectivity index (χ0n) is 16.2. The number of rotatable bonds is 6. The van der Waals surface area contributed by atoms with E-state index < -0.39 is 0 Å². The lowest BCUT2D eigenvalue weighted by Crippen LogP contribution is -2.26. The third-order valence-corrected chi connectivity index (χ3v) is 4.59. The number of hydrogen-bond acceptors (Lipinski definition) is 5. The number of amides is 1. The van der Waals surface area contributed by atoms with Crippen molar-refractivity contribution in [3.63, 3.8) is 0 Å². The van der Waals surface area contributed by atoms with Gasteiger partial charge in [0.2, 0.25) is 0 Å². The van der Waals surface area contributed by atoms with E-state index in [0.29, 0.717) is 29.4 Å². The van der Waals surface area contributed by atoms with Gasteiger partial charge in [0.05, 0.1) is 21.3 Å². The molecule has 0 atom stereocenters. The molecule has 1 heterocycles. The van der Waals surface area contributed by atoms with Gasteiger partial charge in [-0.3, -0.25) is 4.79 Å². The van der Waals surface area contributed by atoms with Crippen LogP contribution in [0.1, 0.15) is 21.7 Å². The van der Waals surface area contributed by atoms with E-state index in [2.05, 4.69) is 0 Å². The van der Waals surface area contributed by atoms with Gasteiger partial charge < -0.3 is 23.5 Å². The minimum atomic E-state index is -0.194. The first-order chi connectivity index (χ1) is 13.0. The fraction of sp³-hybridized carbons (Fsp3) is 0.286. The SMILES string of the molecule is COc1ccc(CN(C)C(=O)c2oc3ccc(OC)cc3c2C)c(OC)c1. The van der Waals surface area contributed by atoms with E-state index in [1.807, 2.05) is 37.3 Å². The normalized spacial score (nSPS) is 10.7. The zero-order chi connectivity index (χ0) is 19.6. The van der Waals surface area contributed by atoms with Gasteiger partial charge in [-0.1, -0.05) is 0 Å². The van der Waals surface area contributed by atoms with Crippen LogP contribution >= 0.6 is 0 Å². The molecule has 0 N–H and O–H groups in total. The van der Waals surface area contributed by atoms with Crippen molar-refractivity contribution >= 4 is 16.9 Å². The maximum atomic E-state index is 13.0. The molecule has 3 aromatic rings. The van der Waals surface area contributed by atoms with Crippen molar-refractivity contribution in [2.75, 3.05) is 28.4 Å². The average molecular weight is 369 g/mol. The fourth-order valence-electron chi connectivity index (χ4n) is 3.01. The van der Waals surface area contributed by atoms with Crippen LogP contribution in [-0.4, -0.2) is 39.2 Å². The number of carbonyl (C=O) groups excluding carboxylic acids is 1. The molecule has 0 aliphatic carbocycles. The molecule has 0 bridgehead atoms. The van der Waals surface area contributed by atoms with Crippen molar-refractivity contribution in [1.29, 1.82) is 0 Å². The number of methoxy groups -OCH3 is 3. The molecule has 0 saturated carbocycles. The third-order valence-electron chi connectivity index (χ3n) is 4.59. The van der Waals surface area contributed by atoms with Crippen molar-refractivity contribution in [2.45, 2.75) is 13.5 Å². The van der Waals surface area contributed by atoms with Crippen molar-refractivity contribution in [3.05, 3.63) is 53.3 Å². The number of furan rings is 1. The molecule has 0 aliphatic heterocycles. The number of fused-ring (bicyclic) bond motifs is 1. The highest BCUT2D eigenvalue weighted by Gasteiger charge is 2.22. The summed E-state index contributed by atoms with van der Waals surface area (Å²) in [4.78, 5) is 14.6. The second-order valence-corrected chi connectivity index (χ2v) is 6.26. The van der Waals surface area contributed by atoms with Gasteiger partial charge in [-0.2, -0.15) is 0 Å². The highest BCUT2D eigenvalue weighted by atomic mass is 16.5. The molecular weight excluding hydrogens is 346 g/mol. The number of nitrogens with zero attached hydrogens (tertiary/aromatic N) is 1. The topological polar surface area (TPSA) is 61.1 Å². The minimum absolute atomic E-state index is 0.194. The number of ether oxygens (including phenoxy) is 3.